The van der Waals surface area contributed by atoms with Gasteiger partial charge in [0.25, 0.3) is 12.7 Å². The molecule has 2 aromatic heterocycles. The van der Waals surface area contributed by atoms with Gasteiger partial charge in [0.15, 0.2) is 0 Å². The van der Waals surface area contributed by atoms with Crippen LogP contribution in [-0.4, -0.2) is 31.2 Å². The maximum absolute atomic E-state index is 13.1. The van der Waals surface area contributed by atoms with E-state index in [4.69, 9.17) is 5.73 Å². The third-order valence-corrected chi connectivity index (χ3v) is 2.34. The van der Waals surface area contributed by atoms with Crippen molar-refractivity contribution in [1.82, 2.24) is 24.7 Å². The number of nitrogens with zero attached hydrogens (tertiary/aromatic N) is 5. The molecule has 0 saturated carbocycles. The number of alkyl halides is 3. The molecule has 0 aromatic carbocycles. The van der Waals surface area contributed by atoms with Crippen LogP contribution in [-0.2, 0) is 0 Å². The summed E-state index contributed by atoms with van der Waals surface area (Å²) in [4.78, 5) is 11.8. The Kier molecular flexibility index (Phi) is 3.74. The monoisotopic (exact) mass is 272 g/mol. The second-order valence-electron chi connectivity index (χ2n) is 3.83. The van der Waals surface area contributed by atoms with Gasteiger partial charge >= 0.3 is 0 Å². The van der Waals surface area contributed by atoms with Gasteiger partial charge in [-0.3, -0.25) is 4.98 Å². The van der Waals surface area contributed by atoms with Gasteiger partial charge in [0.05, 0.1) is 5.69 Å². The predicted molar refractivity (Wildman–Crippen MR) is 59.8 cm³/mol. The fourth-order valence-corrected chi connectivity index (χ4v) is 1.47. The Morgan fingerprint density at radius 2 is 1.84 bits per heavy atom. The van der Waals surface area contributed by atoms with E-state index in [2.05, 4.69) is 20.1 Å². The van der Waals surface area contributed by atoms with E-state index in [0.717, 1.165) is 6.33 Å². The van der Waals surface area contributed by atoms with Crippen LogP contribution < -0.4 is 5.73 Å². The van der Waals surface area contributed by atoms with Crippen molar-refractivity contribution in [2.45, 2.75) is 25.7 Å². The third kappa shape index (κ3) is 2.70. The summed E-state index contributed by atoms with van der Waals surface area (Å²) in [6, 6.07) is -0.438. The maximum Gasteiger partial charge on any atom is 0.289 e. The fraction of sp³-hybridized carbons (Fsp3) is 0.400. The summed E-state index contributed by atoms with van der Waals surface area (Å²) >= 11 is 0. The van der Waals surface area contributed by atoms with Crippen LogP contribution in [0.15, 0.2) is 18.7 Å². The van der Waals surface area contributed by atoms with Gasteiger partial charge in [0.1, 0.15) is 12.0 Å². The average molecular weight is 272 g/mol. The molecular weight excluding hydrogens is 261 g/mol. The zero-order valence-corrected chi connectivity index (χ0v) is 9.91. The molecule has 2 N–H and O–H groups in total. The highest BCUT2D eigenvalue weighted by Crippen LogP contribution is 2.22. The Morgan fingerprint density at radius 1 is 1.16 bits per heavy atom. The van der Waals surface area contributed by atoms with Gasteiger partial charge in [-0.25, -0.2) is 27.8 Å². The molecule has 0 radical (unpaired) electrons. The summed E-state index contributed by atoms with van der Waals surface area (Å²) in [6.45, 7) is 1.68. The van der Waals surface area contributed by atoms with Crippen molar-refractivity contribution in [3.05, 3.63) is 24.4 Å². The zero-order chi connectivity index (χ0) is 14.0. The molecule has 2 unspecified atom stereocenters. The lowest BCUT2D eigenvalue weighted by atomic mass is 10.2. The summed E-state index contributed by atoms with van der Waals surface area (Å²) in [7, 11) is 0. The number of rotatable bonds is 4. The van der Waals surface area contributed by atoms with Gasteiger partial charge in [-0.1, -0.05) is 0 Å². The largest absolute Gasteiger partial charge is 0.323 e. The summed E-state index contributed by atoms with van der Waals surface area (Å²) in [5.41, 5.74) is 6.37. The molecule has 0 saturated heterocycles. The van der Waals surface area contributed by atoms with Gasteiger partial charge in [0, 0.05) is 18.4 Å². The van der Waals surface area contributed by atoms with Crippen molar-refractivity contribution in [2.24, 2.45) is 5.73 Å². The quantitative estimate of drug-likeness (QED) is 0.911. The van der Waals surface area contributed by atoms with E-state index in [1.54, 1.807) is 6.92 Å². The topological polar surface area (TPSA) is 82.5 Å². The van der Waals surface area contributed by atoms with Crippen LogP contribution in [0.5, 0.6) is 0 Å². The van der Waals surface area contributed by atoms with E-state index in [-0.39, 0.29) is 11.5 Å². The lowest BCUT2D eigenvalue weighted by Crippen LogP contribution is -2.13. The van der Waals surface area contributed by atoms with Gasteiger partial charge in [-0.05, 0) is 6.92 Å². The molecule has 2 rings (SSSR count). The van der Waals surface area contributed by atoms with Gasteiger partial charge in [0.2, 0.25) is 5.82 Å². The van der Waals surface area contributed by atoms with Crippen molar-refractivity contribution in [3.8, 4) is 11.5 Å². The summed E-state index contributed by atoms with van der Waals surface area (Å²) in [6.07, 6.45) is -2.01. The molecule has 0 spiro atoms. The zero-order valence-electron chi connectivity index (χ0n) is 9.91. The van der Waals surface area contributed by atoms with E-state index in [1.165, 1.54) is 12.4 Å². The van der Waals surface area contributed by atoms with E-state index in [0.29, 0.717) is 10.4 Å². The van der Waals surface area contributed by atoms with Crippen LogP contribution in [0.2, 0.25) is 0 Å². The first-order valence-electron chi connectivity index (χ1n) is 5.41. The van der Waals surface area contributed by atoms with Crippen LogP contribution in [0.4, 0.5) is 13.2 Å². The lowest BCUT2D eigenvalue weighted by molar-refractivity contribution is 0.000661. The summed E-state index contributed by atoms with van der Waals surface area (Å²) < 4.78 is 38.0. The molecule has 102 valence electrons. The summed E-state index contributed by atoms with van der Waals surface area (Å²) in [5.74, 6) is 0.00343. The van der Waals surface area contributed by atoms with E-state index >= 15 is 0 Å². The first-order chi connectivity index (χ1) is 9.00. The SMILES string of the molecule is CC(N)c1nccnc1-c1ncn(C(F)C(F)F)n1. The van der Waals surface area contributed by atoms with Crippen LogP contribution in [0, 0.1) is 0 Å². The predicted octanol–water partition coefficient (Wildman–Crippen LogP) is 1.49. The molecule has 0 fully saturated rings. The number of halogens is 3. The number of aromatic nitrogens is 5. The highest BCUT2D eigenvalue weighted by Gasteiger charge is 2.24. The number of nitrogens with two attached hydrogens (primary N) is 1. The van der Waals surface area contributed by atoms with Crippen molar-refractivity contribution in [2.75, 3.05) is 0 Å². The molecule has 0 aliphatic carbocycles. The number of hydrogen-bond acceptors (Lipinski definition) is 5. The Labute approximate surface area is 106 Å². The second-order valence-corrected chi connectivity index (χ2v) is 3.83. The number of hydrogen-bond donors (Lipinski definition) is 1. The molecule has 2 atom stereocenters. The minimum atomic E-state index is -3.18. The molecule has 9 heteroatoms. The minimum absolute atomic E-state index is 0.00343. The molecule has 2 heterocycles. The Hall–Kier alpha value is -2.03. The van der Waals surface area contributed by atoms with Gasteiger partial charge in [-0.15, -0.1) is 5.10 Å². The van der Waals surface area contributed by atoms with Crippen LogP contribution in [0.1, 0.15) is 25.0 Å². The Balaban J connectivity index is 2.38. The molecule has 19 heavy (non-hydrogen) atoms. The second kappa shape index (κ2) is 5.31. The van der Waals surface area contributed by atoms with Crippen LogP contribution in [0.3, 0.4) is 0 Å². The third-order valence-electron chi connectivity index (χ3n) is 2.34. The maximum atomic E-state index is 13.1. The summed E-state index contributed by atoms with van der Waals surface area (Å²) in [5, 5.41) is 3.64. The highest BCUT2D eigenvalue weighted by atomic mass is 19.3. The lowest BCUT2D eigenvalue weighted by Gasteiger charge is -2.07. The normalized spacial score (nSPS) is 14.6. The minimum Gasteiger partial charge on any atom is -0.323 e. The smallest absolute Gasteiger partial charge is 0.289 e. The molecule has 0 aliphatic rings. The first-order valence-corrected chi connectivity index (χ1v) is 5.41. The Morgan fingerprint density at radius 3 is 2.47 bits per heavy atom. The molecular formula is C10H11F3N6. The van der Waals surface area contributed by atoms with Crippen molar-refractivity contribution in [1.29, 1.82) is 0 Å². The molecule has 2 aromatic rings. The molecule has 6 nitrogen and oxygen atoms in total. The molecule has 0 amide bonds. The van der Waals surface area contributed by atoms with Crippen LogP contribution in [0.25, 0.3) is 11.5 Å². The van der Waals surface area contributed by atoms with E-state index in [1.807, 2.05) is 0 Å². The molecule has 0 aliphatic heterocycles. The van der Waals surface area contributed by atoms with Crippen molar-refractivity contribution >= 4 is 0 Å². The van der Waals surface area contributed by atoms with Gasteiger partial charge in [-0.2, -0.15) is 0 Å². The Bertz CT molecular complexity index is 556. The standard InChI is InChI=1S/C10H11F3N6/c1-5(14)6-7(16-3-2-15-6)10-17-4-19(18-10)9(13)8(11)12/h2-5,8-9H,14H2,1H3. The van der Waals surface area contributed by atoms with E-state index < -0.39 is 18.8 Å². The van der Waals surface area contributed by atoms with Gasteiger partial charge < -0.3 is 5.73 Å². The first kappa shape index (κ1) is 13.4. The van der Waals surface area contributed by atoms with Crippen LogP contribution >= 0.6 is 0 Å². The molecule has 0 bridgehead atoms. The van der Waals surface area contributed by atoms with Crippen molar-refractivity contribution in [3.63, 3.8) is 0 Å². The average Bonchev–Trinajstić information content (AvgIpc) is 2.87. The highest BCUT2D eigenvalue weighted by molar-refractivity contribution is 5.52. The fourth-order valence-electron chi connectivity index (χ4n) is 1.47. The van der Waals surface area contributed by atoms with E-state index in [9.17, 15) is 13.2 Å². The van der Waals surface area contributed by atoms with Crippen molar-refractivity contribution < 1.29 is 13.2 Å².